The predicted octanol–water partition coefficient (Wildman–Crippen LogP) is 8.98. The van der Waals surface area contributed by atoms with Crippen molar-refractivity contribution in [2.24, 2.45) is 17.8 Å². The van der Waals surface area contributed by atoms with Gasteiger partial charge < -0.3 is 9.05 Å². The van der Waals surface area contributed by atoms with Gasteiger partial charge in [-0.2, -0.15) is 0 Å². The maximum absolute atomic E-state index is 6.16. The van der Waals surface area contributed by atoms with Crippen LogP contribution in [0.15, 0.2) is 0 Å². The van der Waals surface area contributed by atoms with E-state index in [-0.39, 0.29) is 0 Å². The molecule has 0 amide bonds. The first kappa shape index (κ1) is 27.4. The Hall–Kier alpha value is 0.350. The Labute approximate surface area is 173 Å². The fraction of sp³-hybridized carbons (Fsp3) is 1.00. The second kappa shape index (κ2) is 19.7. The summed E-state index contributed by atoms with van der Waals surface area (Å²) >= 11 is 0. The van der Waals surface area contributed by atoms with Gasteiger partial charge in [0.15, 0.2) is 8.38 Å². The Morgan fingerprint density at radius 2 is 0.852 bits per heavy atom. The van der Waals surface area contributed by atoms with E-state index in [2.05, 4.69) is 41.5 Å². The Kier molecular flexibility index (Phi) is 19.9. The second-order valence-corrected chi connectivity index (χ2v) is 11.1. The highest BCUT2D eigenvalue weighted by atomic mass is 31.2. The fourth-order valence-electron chi connectivity index (χ4n) is 3.13. The molecule has 0 atom stereocenters. The maximum Gasteiger partial charge on any atom is 0.170 e. The van der Waals surface area contributed by atoms with Crippen molar-refractivity contribution in [3.8, 4) is 0 Å². The summed E-state index contributed by atoms with van der Waals surface area (Å²) in [6.07, 6.45) is 16.8. The van der Waals surface area contributed by atoms with E-state index in [1.54, 1.807) is 0 Å². The van der Waals surface area contributed by atoms with Gasteiger partial charge in [0.2, 0.25) is 0 Å². The summed E-state index contributed by atoms with van der Waals surface area (Å²) in [5.41, 5.74) is 0. The standard InChI is InChI=1S/C24H51O2P/c1-22(2)16-10-7-13-19-25-27(21-15-9-12-18-24(5)6)26-20-14-8-11-17-23(3)4/h22-24H,7-21H2,1-6H3. The summed E-state index contributed by atoms with van der Waals surface area (Å²) < 4.78 is 12.3. The van der Waals surface area contributed by atoms with Crippen molar-refractivity contribution in [1.29, 1.82) is 0 Å². The average molecular weight is 403 g/mol. The van der Waals surface area contributed by atoms with Gasteiger partial charge >= 0.3 is 0 Å². The van der Waals surface area contributed by atoms with Crippen LogP contribution in [0.5, 0.6) is 0 Å². The lowest BCUT2D eigenvalue weighted by molar-refractivity contribution is 0.238. The Bertz CT molecular complexity index is 272. The molecule has 27 heavy (non-hydrogen) atoms. The third kappa shape index (κ3) is 22.5. The molecule has 0 unspecified atom stereocenters. The molecule has 0 N–H and O–H groups in total. The topological polar surface area (TPSA) is 18.5 Å². The molecule has 0 rings (SSSR count). The van der Waals surface area contributed by atoms with Crippen LogP contribution in [0.25, 0.3) is 0 Å². The van der Waals surface area contributed by atoms with E-state index >= 15 is 0 Å². The molecule has 0 heterocycles. The molecule has 2 nitrogen and oxygen atoms in total. The lowest BCUT2D eigenvalue weighted by Crippen LogP contribution is -2.00. The predicted molar refractivity (Wildman–Crippen MR) is 124 cm³/mol. The minimum absolute atomic E-state index is 0.659. The molecule has 0 spiro atoms. The minimum atomic E-state index is -0.659. The molecule has 0 aromatic rings. The van der Waals surface area contributed by atoms with E-state index in [9.17, 15) is 0 Å². The average Bonchev–Trinajstić information content (AvgIpc) is 2.59. The van der Waals surface area contributed by atoms with Crippen LogP contribution in [0.2, 0.25) is 0 Å². The largest absolute Gasteiger partial charge is 0.334 e. The second-order valence-electron chi connectivity index (χ2n) is 9.45. The molecule has 0 aliphatic heterocycles. The first-order chi connectivity index (χ1) is 12.9. The van der Waals surface area contributed by atoms with Gasteiger partial charge in [-0.25, -0.2) is 0 Å². The normalized spacial score (nSPS) is 12.2. The number of unbranched alkanes of at least 4 members (excludes halogenated alkanes) is 6. The van der Waals surface area contributed by atoms with E-state index in [1.807, 2.05) is 0 Å². The van der Waals surface area contributed by atoms with Gasteiger partial charge in [0.05, 0.1) is 13.2 Å². The number of rotatable bonds is 20. The Balaban J connectivity index is 3.88. The molecule has 0 aliphatic rings. The zero-order valence-electron chi connectivity index (χ0n) is 19.6. The van der Waals surface area contributed by atoms with Gasteiger partial charge in [-0.15, -0.1) is 0 Å². The molecule has 164 valence electrons. The smallest absolute Gasteiger partial charge is 0.170 e. The van der Waals surface area contributed by atoms with Gasteiger partial charge in [-0.1, -0.05) is 99.3 Å². The van der Waals surface area contributed by atoms with Crippen molar-refractivity contribution in [2.75, 3.05) is 19.4 Å². The third-order valence-corrected chi connectivity index (χ3v) is 6.57. The van der Waals surface area contributed by atoms with Crippen molar-refractivity contribution < 1.29 is 9.05 Å². The van der Waals surface area contributed by atoms with Gasteiger partial charge in [-0.3, -0.25) is 0 Å². The maximum atomic E-state index is 6.16. The summed E-state index contributed by atoms with van der Waals surface area (Å²) in [4.78, 5) is 0. The summed E-state index contributed by atoms with van der Waals surface area (Å²) in [5.74, 6) is 2.48. The zero-order chi connectivity index (χ0) is 20.3. The molecule has 0 aromatic carbocycles. The van der Waals surface area contributed by atoms with Crippen LogP contribution >= 0.6 is 8.38 Å². The highest BCUT2D eigenvalue weighted by Gasteiger charge is 2.10. The highest BCUT2D eigenvalue weighted by Crippen LogP contribution is 2.40. The Morgan fingerprint density at radius 1 is 0.481 bits per heavy atom. The lowest BCUT2D eigenvalue weighted by atomic mass is 10.1. The monoisotopic (exact) mass is 402 g/mol. The third-order valence-electron chi connectivity index (χ3n) is 4.94. The molecule has 0 bridgehead atoms. The van der Waals surface area contributed by atoms with Gasteiger partial charge in [0, 0.05) is 6.16 Å². The van der Waals surface area contributed by atoms with Crippen LogP contribution in [-0.4, -0.2) is 19.4 Å². The highest BCUT2D eigenvalue weighted by molar-refractivity contribution is 7.47. The van der Waals surface area contributed by atoms with Crippen molar-refractivity contribution in [3.05, 3.63) is 0 Å². The van der Waals surface area contributed by atoms with Crippen molar-refractivity contribution >= 4 is 8.38 Å². The van der Waals surface area contributed by atoms with Crippen LogP contribution in [-0.2, 0) is 9.05 Å². The summed E-state index contributed by atoms with van der Waals surface area (Å²) in [6.45, 7) is 15.7. The molecular weight excluding hydrogens is 351 g/mol. The minimum Gasteiger partial charge on any atom is -0.334 e. The van der Waals surface area contributed by atoms with E-state index < -0.39 is 8.38 Å². The molecule has 0 aliphatic carbocycles. The van der Waals surface area contributed by atoms with E-state index in [0.717, 1.165) is 37.1 Å². The van der Waals surface area contributed by atoms with E-state index in [0.29, 0.717) is 0 Å². The molecule has 0 fully saturated rings. The van der Waals surface area contributed by atoms with Crippen LogP contribution in [0, 0.1) is 17.8 Å². The molecule has 0 saturated carbocycles. The van der Waals surface area contributed by atoms with Crippen LogP contribution in [0.4, 0.5) is 0 Å². The molecular formula is C24H51O2P. The Morgan fingerprint density at radius 3 is 1.22 bits per heavy atom. The van der Waals surface area contributed by atoms with E-state index in [1.165, 1.54) is 77.0 Å². The van der Waals surface area contributed by atoms with E-state index in [4.69, 9.17) is 9.05 Å². The number of hydrogen-bond donors (Lipinski definition) is 0. The first-order valence-electron chi connectivity index (χ1n) is 11.9. The quantitative estimate of drug-likeness (QED) is 0.149. The van der Waals surface area contributed by atoms with Gasteiger partial charge in [0.25, 0.3) is 0 Å². The van der Waals surface area contributed by atoms with Crippen LogP contribution < -0.4 is 0 Å². The first-order valence-corrected chi connectivity index (χ1v) is 13.3. The molecule has 0 saturated heterocycles. The number of hydrogen-bond acceptors (Lipinski definition) is 2. The summed E-state index contributed by atoms with van der Waals surface area (Å²) in [6, 6.07) is 0. The molecule has 0 aromatic heterocycles. The van der Waals surface area contributed by atoms with Crippen molar-refractivity contribution in [1.82, 2.24) is 0 Å². The van der Waals surface area contributed by atoms with Crippen LogP contribution in [0.1, 0.15) is 119 Å². The summed E-state index contributed by atoms with van der Waals surface area (Å²) in [5, 5.41) is 0. The zero-order valence-corrected chi connectivity index (χ0v) is 20.5. The van der Waals surface area contributed by atoms with Crippen molar-refractivity contribution in [2.45, 2.75) is 119 Å². The van der Waals surface area contributed by atoms with Crippen LogP contribution in [0.3, 0.4) is 0 Å². The van der Waals surface area contributed by atoms with Crippen molar-refractivity contribution in [3.63, 3.8) is 0 Å². The molecule has 0 radical (unpaired) electrons. The SMILES string of the molecule is CC(C)CCCCCOP(CCCCCC(C)C)OCCCCCC(C)C. The fourth-order valence-corrected chi connectivity index (χ4v) is 4.61. The van der Waals surface area contributed by atoms with Gasteiger partial charge in [0.1, 0.15) is 0 Å². The lowest BCUT2D eigenvalue weighted by Gasteiger charge is -2.18. The molecule has 3 heteroatoms. The summed E-state index contributed by atoms with van der Waals surface area (Å²) in [7, 11) is -0.659. The van der Waals surface area contributed by atoms with Gasteiger partial charge in [-0.05, 0) is 37.0 Å².